The lowest BCUT2D eigenvalue weighted by Gasteiger charge is -2.12. The summed E-state index contributed by atoms with van der Waals surface area (Å²) < 4.78 is 1.96. The summed E-state index contributed by atoms with van der Waals surface area (Å²) in [5.41, 5.74) is 2.58. The Morgan fingerprint density at radius 2 is 1.82 bits per heavy atom. The highest BCUT2D eigenvalue weighted by molar-refractivity contribution is 6.09. The van der Waals surface area contributed by atoms with Crippen LogP contribution < -0.4 is 10.6 Å². The van der Waals surface area contributed by atoms with Crippen molar-refractivity contribution >= 4 is 17.5 Å². The van der Waals surface area contributed by atoms with Crippen molar-refractivity contribution in [1.29, 1.82) is 0 Å². The number of para-hydroxylation sites is 1. The van der Waals surface area contributed by atoms with Gasteiger partial charge in [-0.15, -0.1) is 0 Å². The Morgan fingerprint density at radius 3 is 2.54 bits per heavy atom. The van der Waals surface area contributed by atoms with E-state index in [1.54, 1.807) is 48.9 Å². The molecule has 3 aromatic rings. The quantitative estimate of drug-likeness (QED) is 0.589. The van der Waals surface area contributed by atoms with E-state index >= 15 is 0 Å². The Bertz CT molecular complexity index is 918. The molecule has 144 valence electrons. The van der Waals surface area contributed by atoms with E-state index in [1.807, 2.05) is 22.9 Å². The van der Waals surface area contributed by atoms with Gasteiger partial charge in [0, 0.05) is 31.0 Å². The van der Waals surface area contributed by atoms with Crippen molar-refractivity contribution in [2.75, 3.05) is 11.9 Å². The van der Waals surface area contributed by atoms with Crippen molar-refractivity contribution in [3.05, 3.63) is 83.9 Å². The maximum Gasteiger partial charge on any atom is 0.255 e. The van der Waals surface area contributed by atoms with Gasteiger partial charge in [-0.1, -0.05) is 37.6 Å². The Hall–Kier alpha value is -3.41. The summed E-state index contributed by atoms with van der Waals surface area (Å²) >= 11 is 0. The zero-order chi connectivity index (χ0) is 19.8. The lowest BCUT2D eigenvalue weighted by molar-refractivity contribution is 0.0954. The van der Waals surface area contributed by atoms with Crippen molar-refractivity contribution in [2.24, 2.45) is 0 Å². The number of benzene rings is 2. The summed E-state index contributed by atoms with van der Waals surface area (Å²) in [5, 5.41) is 5.73. The predicted octanol–water partition coefficient (Wildman–Crippen LogP) is 3.71. The van der Waals surface area contributed by atoms with E-state index < -0.39 is 0 Å². The van der Waals surface area contributed by atoms with Crippen molar-refractivity contribution in [3.8, 4) is 0 Å². The fourth-order valence-electron chi connectivity index (χ4n) is 2.81. The molecule has 3 rings (SSSR count). The molecule has 0 saturated heterocycles. The maximum absolute atomic E-state index is 12.6. The first-order valence-electron chi connectivity index (χ1n) is 9.40. The van der Waals surface area contributed by atoms with E-state index in [9.17, 15) is 9.59 Å². The second-order valence-corrected chi connectivity index (χ2v) is 6.54. The van der Waals surface area contributed by atoms with Gasteiger partial charge in [-0.2, -0.15) is 0 Å². The number of carbonyl (C=O) groups is 2. The highest BCUT2D eigenvalue weighted by Crippen LogP contribution is 2.17. The molecule has 0 unspecified atom stereocenters. The van der Waals surface area contributed by atoms with E-state index in [4.69, 9.17) is 0 Å². The van der Waals surface area contributed by atoms with E-state index in [0.29, 0.717) is 29.9 Å². The maximum atomic E-state index is 12.6. The van der Waals surface area contributed by atoms with Crippen LogP contribution >= 0.6 is 0 Å². The Balaban J connectivity index is 1.66. The summed E-state index contributed by atoms with van der Waals surface area (Å²) in [6.07, 6.45) is 7.31. The largest absolute Gasteiger partial charge is 0.352 e. The first-order valence-corrected chi connectivity index (χ1v) is 9.40. The Kier molecular flexibility index (Phi) is 6.57. The molecule has 2 N–H and O–H groups in total. The van der Waals surface area contributed by atoms with Crippen LogP contribution in [0.25, 0.3) is 0 Å². The number of hydrogen-bond acceptors (Lipinski definition) is 3. The van der Waals surface area contributed by atoms with Crippen LogP contribution in [0.15, 0.2) is 67.3 Å². The van der Waals surface area contributed by atoms with E-state index in [1.165, 1.54) is 0 Å². The van der Waals surface area contributed by atoms with Gasteiger partial charge in [0.15, 0.2) is 0 Å². The van der Waals surface area contributed by atoms with Gasteiger partial charge < -0.3 is 15.2 Å². The van der Waals surface area contributed by atoms with Crippen LogP contribution in [0.5, 0.6) is 0 Å². The Labute approximate surface area is 164 Å². The molecule has 0 bridgehead atoms. The molecular formula is C22H24N4O2. The number of imidazole rings is 1. The molecule has 0 aliphatic carbocycles. The predicted molar refractivity (Wildman–Crippen MR) is 109 cm³/mol. The van der Waals surface area contributed by atoms with Gasteiger partial charge in [0.1, 0.15) is 0 Å². The number of hydrogen-bond donors (Lipinski definition) is 2. The first kappa shape index (κ1) is 19.4. The smallest absolute Gasteiger partial charge is 0.255 e. The monoisotopic (exact) mass is 376 g/mol. The van der Waals surface area contributed by atoms with Crippen LogP contribution in [0.2, 0.25) is 0 Å². The second-order valence-electron chi connectivity index (χ2n) is 6.54. The summed E-state index contributed by atoms with van der Waals surface area (Å²) in [4.78, 5) is 29.0. The zero-order valence-electron chi connectivity index (χ0n) is 15.9. The minimum absolute atomic E-state index is 0.181. The topological polar surface area (TPSA) is 76.0 Å². The lowest BCUT2D eigenvalue weighted by atomic mass is 10.1. The zero-order valence-corrected chi connectivity index (χ0v) is 15.9. The summed E-state index contributed by atoms with van der Waals surface area (Å²) in [7, 11) is 0. The molecular weight excluding hydrogens is 352 g/mol. The van der Waals surface area contributed by atoms with Crippen LogP contribution in [0, 0.1) is 0 Å². The number of nitrogens with one attached hydrogen (secondary N) is 2. The number of carbonyl (C=O) groups excluding carboxylic acids is 2. The highest BCUT2D eigenvalue weighted by Gasteiger charge is 2.13. The number of anilines is 1. The van der Waals surface area contributed by atoms with Crippen LogP contribution in [-0.2, 0) is 6.54 Å². The van der Waals surface area contributed by atoms with Gasteiger partial charge in [0.05, 0.1) is 17.6 Å². The van der Waals surface area contributed by atoms with Gasteiger partial charge in [0.2, 0.25) is 0 Å². The second kappa shape index (κ2) is 9.50. The molecule has 2 aromatic carbocycles. The number of aromatic nitrogens is 2. The van der Waals surface area contributed by atoms with Gasteiger partial charge in [-0.3, -0.25) is 9.59 Å². The molecule has 1 heterocycles. The lowest BCUT2D eigenvalue weighted by Crippen LogP contribution is -2.26. The van der Waals surface area contributed by atoms with Crippen LogP contribution in [0.3, 0.4) is 0 Å². The van der Waals surface area contributed by atoms with Crippen LogP contribution in [-0.4, -0.2) is 27.9 Å². The fraction of sp³-hybridized carbons (Fsp3) is 0.227. The van der Waals surface area contributed by atoms with Gasteiger partial charge in [-0.05, 0) is 36.2 Å². The molecule has 2 amide bonds. The van der Waals surface area contributed by atoms with E-state index in [-0.39, 0.29) is 11.8 Å². The van der Waals surface area contributed by atoms with Crippen molar-refractivity contribution < 1.29 is 9.59 Å². The average molecular weight is 376 g/mol. The summed E-state index contributed by atoms with van der Waals surface area (Å²) in [5.74, 6) is -0.428. The van der Waals surface area contributed by atoms with E-state index in [0.717, 1.165) is 18.4 Å². The molecule has 6 nitrogen and oxygen atoms in total. The third-order valence-electron chi connectivity index (χ3n) is 4.38. The van der Waals surface area contributed by atoms with Crippen molar-refractivity contribution in [3.63, 3.8) is 0 Å². The SMILES string of the molecule is CCCCNC(=O)c1ccccc1NC(=O)c1ccc(Cn2ccnc2)cc1. The minimum Gasteiger partial charge on any atom is -0.352 e. The molecule has 0 aliphatic heterocycles. The molecule has 0 fully saturated rings. The standard InChI is InChI=1S/C22H24N4O2/c1-2-3-12-24-22(28)19-6-4-5-7-20(19)25-21(27)18-10-8-17(9-11-18)15-26-14-13-23-16-26/h4-11,13-14,16H,2-3,12,15H2,1H3,(H,24,28)(H,25,27). The number of amides is 2. The summed E-state index contributed by atoms with van der Waals surface area (Å²) in [6, 6.07) is 14.4. The molecule has 0 atom stereocenters. The molecule has 0 spiro atoms. The van der Waals surface area contributed by atoms with Crippen molar-refractivity contribution in [1.82, 2.24) is 14.9 Å². The molecule has 0 radical (unpaired) electrons. The van der Waals surface area contributed by atoms with Crippen LogP contribution in [0.4, 0.5) is 5.69 Å². The average Bonchev–Trinajstić information content (AvgIpc) is 3.22. The first-order chi connectivity index (χ1) is 13.7. The number of nitrogens with zero attached hydrogens (tertiary/aromatic N) is 2. The Morgan fingerprint density at radius 1 is 1.04 bits per heavy atom. The van der Waals surface area contributed by atoms with E-state index in [2.05, 4.69) is 22.5 Å². The van der Waals surface area contributed by atoms with Gasteiger partial charge in [-0.25, -0.2) is 4.98 Å². The molecule has 6 heteroatoms. The van der Waals surface area contributed by atoms with Crippen LogP contribution in [0.1, 0.15) is 46.0 Å². The number of unbranched alkanes of at least 4 members (excludes halogenated alkanes) is 1. The normalized spacial score (nSPS) is 10.5. The van der Waals surface area contributed by atoms with Gasteiger partial charge in [0.25, 0.3) is 11.8 Å². The molecule has 28 heavy (non-hydrogen) atoms. The van der Waals surface area contributed by atoms with Gasteiger partial charge >= 0.3 is 0 Å². The number of rotatable bonds is 8. The third-order valence-corrected chi connectivity index (χ3v) is 4.38. The highest BCUT2D eigenvalue weighted by atomic mass is 16.2. The molecule has 1 aromatic heterocycles. The molecule has 0 saturated carbocycles. The minimum atomic E-state index is -0.247. The summed E-state index contributed by atoms with van der Waals surface area (Å²) in [6.45, 7) is 3.39. The third kappa shape index (κ3) is 5.07. The molecule has 0 aliphatic rings. The fourth-order valence-corrected chi connectivity index (χ4v) is 2.81. The van der Waals surface area contributed by atoms with Crippen molar-refractivity contribution in [2.45, 2.75) is 26.3 Å².